The molecule has 0 atom stereocenters. The van der Waals surface area contributed by atoms with Gasteiger partial charge < -0.3 is 11.1 Å². The van der Waals surface area contributed by atoms with Gasteiger partial charge in [-0.2, -0.15) is 0 Å². The van der Waals surface area contributed by atoms with Crippen LogP contribution in [0.2, 0.25) is 5.02 Å². The first-order chi connectivity index (χ1) is 8.11. The second-order valence-corrected chi connectivity index (χ2v) is 4.18. The summed E-state index contributed by atoms with van der Waals surface area (Å²) in [4.78, 5) is 23.9. The van der Waals surface area contributed by atoms with Crippen LogP contribution in [-0.4, -0.2) is 23.4 Å². The van der Waals surface area contributed by atoms with Crippen LogP contribution in [0.1, 0.15) is 11.1 Å². The maximum Gasteiger partial charge on any atom is 0.324 e. The second kappa shape index (κ2) is 4.73. The molecule has 0 aliphatic carbocycles. The van der Waals surface area contributed by atoms with Gasteiger partial charge in [0.1, 0.15) is 0 Å². The quantitative estimate of drug-likeness (QED) is 0.785. The first-order valence-corrected chi connectivity index (χ1v) is 5.55. The van der Waals surface area contributed by atoms with Gasteiger partial charge in [-0.05, 0) is 17.2 Å². The van der Waals surface area contributed by atoms with Gasteiger partial charge in [-0.3, -0.25) is 9.69 Å². The van der Waals surface area contributed by atoms with Crippen LogP contribution in [0.15, 0.2) is 18.2 Å². The van der Waals surface area contributed by atoms with Crippen LogP contribution < -0.4 is 11.1 Å². The Labute approximate surface area is 104 Å². The van der Waals surface area contributed by atoms with E-state index in [1.54, 1.807) is 12.1 Å². The molecule has 6 heteroatoms. The van der Waals surface area contributed by atoms with E-state index < -0.39 is 0 Å². The molecule has 0 spiro atoms. The Morgan fingerprint density at radius 1 is 1.41 bits per heavy atom. The highest BCUT2D eigenvalue weighted by Gasteiger charge is 2.28. The number of hydrogen-bond donors (Lipinski definition) is 2. The van der Waals surface area contributed by atoms with Gasteiger partial charge >= 0.3 is 6.03 Å². The zero-order chi connectivity index (χ0) is 12.4. The van der Waals surface area contributed by atoms with E-state index in [2.05, 4.69) is 5.32 Å². The average Bonchev–Trinajstić information content (AvgIpc) is 2.63. The highest BCUT2D eigenvalue weighted by molar-refractivity contribution is 6.31. The third-order valence-electron chi connectivity index (χ3n) is 2.62. The number of carbonyl (C=O) groups excluding carboxylic acids is 2. The summed E-state index contributed by atoms with van der Waals surface area (Å²) >= 11 is 6.06. The summed E-state index contributed by atoms with van der Waals surface area (Å²) in [7, 11) is 0. The zero-order valence-electron chi connectivity index (χ0n) is 9.07. The molecule has 1 saturated heterocycles. The molecule has 1 heterocycles. The van der Waals surface area contributed by atoms with Crippen LogP contribution >= 0.6 is 11.6 Å². The number of nitrogens with two attached hydrogens (primary N) is 1. The van der Waals surface area contributed by atoms with Gasteiger partial charge in [-0.1, -0.05) is 23.7 Å². The summed E-state index contributed by atoms with van der Waals surface area (Å²) in [6, 6.07) is 4.98. The van der Waals surface area contributed by atoms with Crippen molar-refractivity contribution in [1.82, 2.24) is 10.2 Å². The lowest BCUT2D eigenvalue weighted by Gasteiger charge is -2.13. The Morgan fingerprint density at radius 2 is 2.18 bits per heavy atom. The highest BCUT2D eigenvalue weighted by Crippen LogP contribution is 2.20. The van der Waals surface area contributed by atoms with Crippen molar-refractivity contribution in [2.45, 2.75) is 13.1 Å². The number of nitrogens with zero attached hydrogens (tertiary/aromatic N) is 1. The van der Waals surface area contributed by atoms with Crippen molar-refractivity contribution < 1.29 is 9.59 Å². The van der Waals surface area contributed by atoms with Crippen molar-refractivity contribution in [2.75, 3.05) is 6.54 Å². The minimum atomic E-state index is -0.381. The molecule has 0 aromatic heterocycles. The van der Waals surface area contributed by atoms with Crippen LogP contribution in [0.25, 0.3) is 0 Å². The molecular formula is C11H12ClN3O2. The van der Waals surface area contributed by atoms with Crippen LogP contribution in [0.3, 0.4) is 0 Å². The zero-order valence-corrected chi connectivity index (χ0v) is 9.83. The average molecular weight is 254 g/mol. The summed E-state index contributed by atoms with van der Waals surface area (Å²) in [5, 5.41) is 2.97. The number of benzene rings is 1. The molecule has 2 rings (SSSR count). The fourth-order valence-corrected chi connectivity index (χ4v) is 1.89. The summed E-state index contributed by atoms with van der Waals surface area (Å²) in [6.45, 7) is 0.648. The molecule has 3 amide bonds. The van der Waals surface area contributed by atoms with E-state index in [9.17, 15) is 9.59 Å². The lowest BCUT2D eigenvalue weighted by Crippen LogP contribution is -2.30. The van der Waals surface area contributed by atoms with E-state index in [0.717, 1.165) is 16.0 Å². The Kier molecular flexibility index (Phi) is 3.31. The van der Waals surface area contributed by atoms with Gasteiger partial charge in [0.2, 0.25) is 5.91 Å². The molecule has 90 valence electrons. The number of halogens is 1. The van der Waals surface area contributed by atoms with Crippen molar-refractivity contribution >= 4 is 23.5 Å². The predicted molar refractivity (Wildman–Crippen MR) is 63.3 cm³/mol. The molecule has 0 saturated carbocycles. The molecule has 3 N–H and O–H groups in total. The largest absolute Gasteiger partial charge is 0.329 e. The molecule has 1 aromatic rings. The number of carbonyl (C=O) groups is 2. The standard InChI is InChI=1S/C11H12ClN3O2/c12-9-3-7(4-13)1-2-8(9)6-15-10(16)5-14-11(15)17/h1-3H,4-6,13H2,(H,14,17). The molecule has 17 heavy (non-hydrogen) atoms. The second-order valence-electron chi connectivity index (χ2n) is 3.77. The smallest absolute Gasteiger partial charge is 0.324 e. The molecule has 0 unspecified atom stereocenters. The van der Waals surface area contributed by atoms with Gasteiger partial charge in [-0.25, -0.2) is 4.79 Å². The van der Waals surface area contributed by atoms with E-state index in [-0.39, 0.29) is 25.0 Å². The summed E-state index contributed by atoms with van der Waals surface area (Å²) < 4.78 is 0. The minimum Gasteiger partial charge on any atom is -0.329 e. The van der Waals surface area contributed by atoms with Crippen LogP contribution in [-0.2, 0) is 17.9 Å². The van der Waals surface area contributed by atoms with Crippen molar-refractivity contribution in [2.24, 2.45) is 5.73 Å². The van der Waals surface area contributed by atoms with Gasteiger partial charge in [0.15, 0.2) is 0 Å². The maximum atomic E-state index is 11.4. The maximum absolute atomic E-state index is 11.4. The van der Waals surface area contributed by atoms with Crippen molar-refractivity contribution in [3.8, 4) is 0 Å². The van der Waals surface area contributed by atoms with E-state index in [1.165, 1.54) is 0 Å². The summed E-state index contributed by atoms with van der Waals surface area (Å²) in [5.41, 5.74) is 7.13. The fourth-order valence-electron chi connectivity index (χ4n) is 1.63. The molecule has 0 radical (unpaired) electrons. The third kappa shape index (κ3) is 2.40. The molecule has 5 nitrogen and oxygen atoms in total. The van der Waals surface area contributed by atoms with Crippen LogP contribution in [0.4, 0.5) is 4.79 Å². The number of imide groups is 1. The molecule has 1 aliphatic rings. The Hall–Kier alpha value is -1.59. The molecule has 0 bridgehead atoms. The first-order valence-electron chi connectivity index (χ1n) is 5.17. The van der Waals surface area contributed by atoms with Crippen molar-refractivity contribution in [1.29, 1.82) is 0 Å². The molecule has 1 aromatic carbocycles. The number of amides is 3. The van der Waals surface area contributed by atoms with Crippen LogP contribution in [0, 0.1) is 0 Å². The van der Waals surface area contributed by atoms with Gasteiger partial charge in [0.25, 0.3) is 0 Å². The van der Waals surface area contributed by atoms with Gasteiger partial charge in [0.05, 0.1) is 13.1 Å². The topological polar surface area (TPSA) is 75.4 Å². The lowest BCUT2D eigenvalue weighted by atomic mass is 10.1. The normalized spacial score (nSPS) is 15.3. The minimum absolute atomic E-state index is 0.0529. The van der Waals surface area contributed by atoms with E-state index >= 15 is 0 Å². The molecule has 1 aliphatic heterocycles. The van der Waals surface area contributed by atoms with Gasteiger partial charge in [0, 0.05) is 11.6 Å². The molecular weight excluding hydrogens is 242 g/mol. The predicted octanol–water partition coefficient (Wildman–Crippen LogP) is 0.851. The van der Waals surface area contributed by atoms with Gasteiger partial charge in [-0.15, -0.1) is 0 Å². The number of rotatable bonds is 3. The van der Waals surface area contributed by atoms with E-state index in [4.69, 9.17) is 17.3 Å². The summed E-state index contributed by atoms with van der Waals surface area (Å²) in [5.74, 6) is -0.242. The lowest BCUT2D eigenvalue weighted by molar-refractivity contribution is -0.125. The van der Waals surface area contributed by atoms with Crippen LogP contribution in [0.5, 0.6) is 0 Å². The Bertz CT molecular complexity index is 460. The van der Waals surface area contributed by atoms with Crippen molar-refractivity contribution in [3.05, 3.63) is 34.3 Å². The highest BCUT2D eigenvalue weighted by atomic mass is 35.5. The first kappa shape index (κ1) is 11.9. The number of nitrogens with one attached hydrogen (secondary N) is 1. The number of urea groups is 1. The SMILES string of the molecule is NCc1ccc(CN2C(=O)CNC2=O)c(Cl)c1. The number of hydrogen-bond acceptors (Lipinski definition) is 3. The Morgan fingerprint density at radius 3 is 2.71 bits per heavy atom. The van der Waals surface area contributed by atoms with Crippen molar-refractivity contribution in [3.63, 3.8) is 0 Å². The third-order valence-corrected chi connectivity index (χ3v) is 2.97. The monoisotopic (exact) mass is 253 g/mol. The summed E-state index contributed by atoms with van der Waals surface area (Å²) in [6.07, 6.45) is 0. The van der Waals surface area contributed by atoms with E-state index in [1.807, 2.05) is 6.07 Å². The fraction of sp³-hybridized carbons (Fsp3) is 0.273. The molecule has 1 fully saturated rings. The Balaban J connectivity index is 2.18. The van der Waals surface area contributed by atoms with E-state index in [0.29, 0.717) is 11.6 Å².